The summed E-state index contributed by atoms with van der Waals surface area (Å²) >= 11 is 0. The summed E-state index contributed by atoms with van der Waals surface area (Å²) in [5, 5.41) is 32.4. The first-order chi connectivity index (χ1) is 9.32. The van der Waals surface area contributed by atoms with Crippen LogP contribution in [0.1, 0.15) is 30.6 Å². The summed E-state index contributed by atoms with van der Waals surface area (Å²) in [5.41, 5.74) is -0.578. The van der Waals surface area contributed by atoms with Crippen molar-refractivity contribution in [2.45, 2.75) is 26.4 Å². The van der Waals surface area contributed by atoms with Gasteiger partial charge in [-0.3, -0.25) is 10.1 Å². The number of nitrogens with one attached hydrogen (secondary N) is 1. The van der Waals surface area contributed by atoms with E-state index in [1.165, 1.54) is 18.2 Å². The molecule has 3 N–H and O–H groups in total. The largest absolute Gasteiger partial charge is 0.478 e. The van der Waals surface area contributed by atoms with Crippen LogP contribution < -0.4 is 5.32 Å². The van der Waals surface area contributed by atoms with Crippen LogP contribution in [0.15, 0.2) is 18.2 Å². The quantitative estimate of drug-likeness (QED) is 0.521. The van der Waals surface area contributed by atoms with Gasteiger partial charge in [0.1, 0.15) is 5.69 Å². The molecule has 0 bridgehead atoms. The summed E-state index contributed by atoms with van der Waals surface area (Å²) in [6.07, 6.45) is -0.174. The number of nitrogens with zero attached hydrogens (tertiary/aromatic N) is 1. The lowest BCUT2D eigenvalue weighted by Crippen LogP contribution is -2.22. The highest BCUT2D eigenvalue weighted by atomic mass is 16.6. The number of benzene rings is 1. The maximum Gasteiger partial charge on any atom is 0.338 e. The number of hydrogen-bond donors (Lipinski definition) is 3. The van der Waals surface area contributed by atoms with Crippen molar-refractivity contribution in [3.63, 3.8) is 0 Å². The molecule has 1 rings (SSSR count). The second kappa shape index (κ2) is 6.85. The summed E-state index contributed by atoms with van der Waals surface area (Å²) in [7, 11) is 0. The fraction of sp³-hybridized carbons (Fsp3) is 0.462. The first-order valence-corrected chi connectivity index (χ1v) is 6.25. The molecule has 0 aliphatic carbocycles. The van der Waals surface area contributed by atoms with E-state index in [0.717, 1.165) is 0 Å². The van der Waals surface area contributed by atoms with Crippen LogP contribution >= 0.6 is 0 Å². The highest BCUT2D eigenvalue weighted by molar-refractivity contribution is 5.96. The summed E-state index contributed by atoms with van der Waals surface area (Å²) in [6.45, 7) is 3.94. The van der Waals surface area contributed by atoms with Gasteiger partial charge in [-0.2, -0.15) is 0 Å². The predicted octanol–water partition coefficient (Wildman–Crippen LogP) is 2.11. The minimum absolute atomic E-state index is 0.0588. The van der Waals surface area contributed by atoms with E-state index in [1.807, 2.05) is 13.8 Å². The first kappa shape index (κ1) is 15.9. The molecule has 0 saturated heterocycles. The van der Waals surface area contributed by atoms with Crippen LogP contribution in [-0.4, -0.2) is 33.8 Å². The van der Waals surface area contributed by atoms with Gasteiger partial charge in [0.25, 0.3) is 5.69 Å². The van der Waals surface area contributed by atoms with Crippen LogP contribution in [0.5, 0.6) is 0 Å². The molecular formula is C13H18N2O5. The van der Waals surface area contributed by atoms with E-state index in [0.29, 0.717) is 6.42 Å². The van der Waals surface area contributed by atoms with Crippen LogP contribution in [0.4, 0.5) is 11.4 Å². The Morgan fingerprint density at radius 1 is 1.45 bits per heavy atom. The average molecular weight is 282 g/mol. The van der Waals surface area contributed by atoms with E-state index in [2.05, 4.69) is 5.32 Å². The first-order valence-electron chi connectivity index (χ1n) is 6.25. The molecule has 7 nitrogen and oxygen atoms in total. The number of aromatic carboxylic acids is 1. The van der Waals surface area contributed by atoms with Gasteiger partial charge in [-0.15, -0.1) is 0 Å². The van der Waals surface area contributed by atoms with Crippen molar-refractivity contribution in [1.29, 1.82) is 0 Å². The maximum absolute atomic E-state index is 11.1. The molecule has 0 aliphatic rings. The minimum atomic E-state index is -1.26. The Balaban J connectivity index is 2.96. The number of nitro benzene ring substituents is 1. The third-order valence-electron chi connectivity index (χ3n) is 2.73. The van der Waals surface area contributed by atoms with Crippen LogP contribution in [0, 0.1) is 16.0 Å². The number of anilines is 1. The molecule has 1 unspecified atom stereocenters. The molecule has 7 heteroatoms. The zero-order chi connectivity index (χ0) is 15.3. The molecule has 1 aromatic rings. The van der Waals surface area contributed by atoms with Gasteiger partial charge < -0.3 is 15.5 Å². The number of rotatable bonds is 7. The molecule has 0 fully saturated rings. The number of aliphatic hydroxyl groups is 1. The molecule has 0 aliphatic heterocycles. The van der Waals surface area contributed by atoms with Gasteiger partial charge >= 0.3 is 5.97 Å². The van der Waals surface area contributed by atoms with Crippen LogP contribution in [0.3, 0.4) is 0 Å². The molecule has 20 heavy (non-hydrogen) atoms. The molecule has 0 saturated carbocycles. The summed E-state index contributed by atoms with van der Waals surface area (Å²) in [6, 6.07) is 3.83. The van der Waals surface area contributed by atoms with Gasteiger partial charge in [-0.05, 0) is 18.4 Å². The van der Waals surface area contributed by atoms with E-state index in [9.17, 15) is 20.0 Å². The molecule has 0 heterocycles. The van der Waals surface area contributed by atoms with Crippen molar-refractivity contribution < 1.29 is 19.9 Å². The van der Waals surface area contributed by atoms with Crippen molar-refractivity contribution in [3.05, 3.63) is 33.9 Å². The Bertz CT molecular complexity index is 469. The second-order valence-corrected chi connectivity index (χ2v) is 4.93. The molecule has 110 valence electrons. The van der Waals surface area contributed by atoms with Gasteiger partial charge in [0, 0.05) is 12.6 Å². The van der Waals surface area contributed by atoms with Crippen molar-refractivity contribution in [1.82, 2.24) is 0 Å². The Morgan fingerprint density at radius 3 is 2.60 bits per heavy atom. The molecule has 0 radical (unpaired) electrons. The Kier molecular flexibility index (Phi) is 5.45. The molecule has 0 spiro atoms. The smallest absolute Gasteiger partial charge is 0.338 e. The lowest BCUT2D eigenvalue weighted by molar-refractivity contribution is -0.384. The van der Waals surface area contributed by atoms with Crippen molar-refractivity contribution in [2.75, 3.05) is 11.9 Å². The van der Waals surface area contributed by atoms with Gasteiger partial charge in [-0.1, -0.05) is 19.9 Å². The monoisotopic (exact) mass is 282 g/mol. The lowest BCUT2D eigenvalue weighted by Gasteiger charge is -2.15. The predicted molar refractivity (Wildman–Crippen MR) is 74.0 cm³/mol. The van der Waals surface area contributed by atoms with E-state index in [4.69, 9.17) is 5.11 Å². The standard InChI is InChI=1S/C13H18N2O5/c1-8(2)6-9(16)7-14-12-10(13(17)18)4-3-5-11(12)15(19)20/h3-5,8-9,14,16H,6-7H2,1-2H3,(H,17,18). The van der Waals surface area contributed by atoms with Gasteiger partial charge in [-0.25, -0.2) is 4.79 Å². The molecule has 1 aromatic carbocycles. The number of nitro groups is 1. The Morgan fingerprint density at radius 2 is 2.10 bits per heavy atom. The maximum atomic E-state index is 11.1. The molecule has 1 atom stereocenters. The fourth-order valence-corrected chi connectivity index (χ4v) is 1.90. The second-order valence-electron chi connectivity index (χ2n) is 4.93. The number of para-hydroxylation sites is 1. The number of hydrogen-bond acceptors (Lipinski definition) is 5. The molecular weight excluding hydrogens is 264 g/mol. The highest BCUT2D eigenvalue weighted by Crippen LogP contribution is 2.28. The van der Waals surface area contributed by atoms with Gasteiger partial charge in [0.15, 0.2) is 0 Å². The van der Waals surface area contributed by atoms with Crippen molar-refractivity contribution in [3.8, 4) is 0 Å². The van der Waals surface area contributed by atoms with E-state index >= 15 is 0 Å². The van der Waals surface area contributed by atoms with E-state index in [-0.39, 0.29) is 29.4 Å². The van der Waals surface area contributed by atoms with Crippen molar-refractivity contribution in [2.24, 2.45) is 5.92 Å². The number of carboxylic acids is 1. The normalized spacial score (nSPS) is 12.2. The van der Waals surface area contributed by atoms with E-state index < -0.39 is 17.0 Å². The lowest BCUT2D eigenvalue weighted by atomic mass is 10.1. The van der Waals surface area contributed by atoms with Crippen LogP contribution in [0.2, 0.25) is 0 Å². The summed E-state index contributed by atoms with van der Waals surface area (Å²) in [5.74, 6) is -0.981. The SMILES string of the molecule is CC(C)CC(O)CNc1c(C(=O)O)cccc1[N+](=O)[O-]. The molecule has 0 aromatic heterocycles. The van der Waals surface area contributed by atoms with Gasteiger partial charge in [0.05, 0.1) is 16.6 Å². The fourth-order valence-electron chi connectivity index (χ4n) is 1.90. The Hall–Kier alpha value is -2.15. The number of carbonyl (C=O) groups is 1. The van der Waals surface area contributed by atoms with Crippen LogP contribution in [-0.2, 0) is 0 Å². The van der Waals surface area contributed by atoms with Crippen molar-refractivity contribution >= 4 is 17.3 Å². The minimum Gasteiger partial charge on any atom is -0.478 e. The topological polar surface area (TPSA) is 113 Å². The summed E-state index contributed by atoms with van der Waals surface area (Å²) in [4.78, 5) is 21.4. The zero-order valence-electron chi connectivity index (χ0n) is 11.4. The average Bonchev–Trinajstić information content (AvgIpc) is 2.34. The third kappa shape index (κ3) is 4.20. The zero-order valence-corrected chi connectivity index (χ0v) is 11.4. The highest BCUT2D eigenvalue weighted by Gasteiger charge is 2.21. The Labute approximate surface area is 116 Å². The number of carboxylic acid groups (broad SMARTS) is 1. The third-order valence-corrected chi connectivity index (χ3v) is 2.73. The molecule has 0 amide bonds. The summed E-state index contributed by atoms with van der Waals surface area (Å²) < 4.78 is 0. The number of aliphatic hydroxyl groups excluding tert-OH is 1. The van der Waals surface area contributed by atoms with E-state index in [1.54, 1.807) is 0 Å². The van der Waals surface area contributed by atoms with Gasteiger partial charge in [0.2, 0.25) is 0 Å². The van der Waals surface area contributed by atoms with Crippen LogP contribution in [0.25, 0.3) is 0 Å².